The molecule has 20 heavy (non-hydrogen) atoms. The van der Waals surface area contributed by atoms with E-state index in [1.165, 1.54) is 12.1 Å². The van der Waals surface area contributed by atoms with Crippen LogP contribution in [0.25, 0.3) is 0 Å². The lowest BCUT2D eigenvalue weighted by Gasteiger charge is -2.24. The van der Waals surface area contributed by atoms with Crippen LogP contribution in [-0.4, -0.2) is 37.5 Å². The number of benzene rings is 1. The third-order valence-electron chi connectivity index (χ3n) is 2.85. The van der Waals surface area contributed by atoms with E-state index in [1.807, 2.05) is 19.0 Å². The maximum Gasteiger partial charge on any atom is 0.254 e. The van der Waals surface area contributed by atoms with E-state index in [0.29, 0.717) is 5.92 Å². The first-order valence-electron chi connectivity index (χ1n) is 6.70. The minimum atomic E-state index is -0.594. The Hall–Kier alpha value is -1.13. The molecule has 0 aliphatic heterocycles. The van der Waals surface area contributed by atoms with Crippen LogP contribution in [0.5, 0.6) is 0 Å². The minimum absolute atomic E-state index is 0.00687. The van der Waals surface area contributed by atoms with Crippen LogP contribution in [0.1, 0.15) is 30.6 Å². The maximum absolute atomic E-state index is 13.7. The number of rotatable bonds is 6. The Labute approximate surface area is 125 Å². The number of likely N-dealkylation sites (N-methyl/N-ethyl adjacent to an activating group) is 1. The van der Waals surface area contributed by atoms with Gasteiger partial charge in [0.15, 0.2) is 0 Å². The molecule has 112 valence electrons. The first-order chi connectivity index (χ1) is 9.29. The van der Waals surface area contributed by atoms with E-state index in [-0.39, 0.29) is 16.6 Å². The standard InChI is InChI=1S/C15H22ClFN2O/c1-10(2)7-12(9-19(3)4)18-15(20)13-6-5-11(16)8-14(13)17/h5-6,8,10,12H,7,9H2,1-4H3,(H,18,20). The normalized spacial score (nSPS) is 12.8. The fourth-order valence-electron chi connectivity index (χ4n) is 2.13. The Morgan fingerprint density at radius 3 is 2.55 bits per heavy atom. The molecule has 5 heteroatoms. The van der Waals surface area contributed by atoms with Gasteiger partial charge in [-0.3, -0.25) is 4.79 Å². The molecular formula is C15H22ClFN2O. The number of hydrogen-bond acceptors (Lipinski definition) is 2. The first kappa shape index (κ1) is 16.9. The van der Waals surface area contributed by atoms with E-state index in [9.17, 15) is 9.18 Å². The molecule has 0 saturated carbocycles. The number of carbonyl (C=O) groups is 1. The van der Waals surface area contributed by atoms with Crippen LogP contribution in [0.15, 0.2) is 18.2 Å². The Balaban J connectivity index is 2.78. The average molecular weight is 301 g/mol. The molecule has 0 saturated heterocycles. The van der Waals surface area contributed by atoms with E-state index in [2.05, 4.69) is 19.2 Å². The highest BCUT2D eigenvalue weighted by atomic mass is 35.5. The zero-order valence-corrected chi connectivity index (χ0v) is 13.2. The minimum Gasteiger partial charge on any atom is -0.348 e. The van der Waals surface area contributed by atoms with Crippen LogP contribution in [-0.2, 0) is 0 Å². The summed E-state index contributed by atoms with van der Waals surface area (Å²) in [6.07, 6.45) is 0.846. The van der Waals surface area contributed by atoms with Crippen LogP contribution >= 0.6 is 11.6 Å². The lowest BCUT2D eigenvalue weighted by Crippen LogP contribution is -2.42. The molecule has 0 radical (unpaired) electrons. The SMILES string of the molecule is CC(C)CC(CN(C)C)NC(=O)c1ccc(Cl)cc1F. The molecule has 1 unspecified atom stereocenters. The van der Waals surface area contributed by atoms with Gasteiger partial charge in [0.2, 0.25) is 0 Å². The number of hydrogen-bond donors (Lipinski definition) is 1. The van der Waals surface area contributed by atoms with E-state index in [1.54, 1.807) is 0 Å². The zero-order chi connectivity index (χ0) is 15.3. The average Bonchev–Trinajstić information content (AvgIpc) is 2.26. The van der Waals surface area contributed by atoms with Gasteiger partial charge in [-0.15, -0.1) is 0 Å². The van der Waals surface area contributed by atoms with Crippen molar-refractivity contribution in [1.29, 1.82) is 0 Å². The van der Waals surface area contributed by atoms with Gasteiger partial charge in [-0.25, -0.2) is 4.39 Å². The highest BCUT2D eigenvalue weighted by Gasteiger charge is 2.18. The van der Waals surface area contributed by atoms with Gasteiger partial charge in [0.05, 0.1) is 5.56 Å². The van der Waals surface area contributed by atoms with Crippen LogP contribution < -0.4 is 5.32 Å². The van der Waals surface area contributed by atoms with Gasteiger partial charge >= 0.3 is 0 Å². The summed E-state index contributed by atoms with van der Waals surface area (Å²) in [7, 11) is 3.89. The monoisotopic (exact) mass is 300 g/mol. The second kappa shape index (κ2) is 7.60. The molecule has 1 amide bonds. The van der Waals surface area contributed by atoms with Gasteiger partial charge in [0, 0.05) is 17.6 Å². The molecule has 1 aromatic carbocycles. The van der Waals surface area contributed by atoms with Crippen molar-refractivity contribution in [3.05, 3.63) is 34.6 Å². The number of nitrogens with zero attached hydrogens (tertiary/aromatic N) is 1. The first-order valence-corrected chi connectivity index (χ1v) is 7.08. The van der Waals surface area contributed by atoms with Crippen molar-refractivity contribution in [2.75, 3.05) is 20.6 Å². The largest absolute Gasteiger partial charge is 0.348 e. The van der Waals surface area contributed by atoms with Crippen molar-refractivity contribution in [3.8, 4) is 0 Å². The van der Waals surface area contributed by atoms with Crippen LogP contribution in [0.2, 0.25) is 5.02 Å². The predicted octanol–water partition coefficient (Wildman–Crippen LogP) is 3.19. The smallest absolute Gasteiger partial charge is 0.254 e. The number of nitrogens with one attached hydrogen (secondary N) is 1. The summed E-state index contributed by atoms with van der Waals surface area (Å²) in [6.45, 7) is 4.91. The summed E-state index contributed by atoms with van der Waals surface area (Å²) < 4.78 is 13.7. The number of amides is 1. The Kier molecular flexibility index (Phi) is 6.43. The Bertz CT molecular complexity index is 453. The van der Waals surface area contributed by atoms with Crippen molar-refractivity contribution in [3.63, 3.8) is 0 Å². The molecule has 0 aromatic heterocycles. The topological polar surface area (TPSA) is 32.3 Å². The molecule has 1 aromatic rings. The van der Waals surface area contributed by atoms with Crippen molar-refractivity contribution in [1.82, 2.24) is 10.2 Å². The van der Waals surface area contributed by atoms with E-state index in [4.69, 9.17) is 11.6 Å². The predicted molar refractivity (Wildman–Crippen MR) is 80.7 cm³/mol. The molecule has 0 fully saturated rings. The Morgan fingerprint density at radius 2 is 2.05 bits per heavy atom. The quantitative estimate of drug-likeness (QED) is 0.875. The molecule has 1 N–H and O–H groups in total. The summed E-state index contributed by atoms with van der Waals surface area (Å²) in [4.78, 5) is 14.1. The molecular weight excluding hydrogens is 279 g/mol. The van der Waals surface area contributed by atoms with E-state index >= 15 is 0 Å². The second-order valence-electron chi connectivity index (χ2n) is 5.69. The van der Waals surface area contributed by atoms with Crippen LogP contribution in [0.4, 0.5) is 4.39 Å². The molecule has 0 spiro atoms. The molecule has 0 heterocycles. The van der Waals surface area contributed by atoms with E-state index < -0.39 is 11.7 Å². The van der Waals surface area contributed by atoms with Gasteiger partial charge < -0.3 is 10.2 Å². The summed E-state index contributed by atoms with van der Waals surface area (Å²) >= 11 is 5.69. The van der Waals surface area contributed by atoms with E-state index in [0.717, 1.165) is 19.0 Å². The maximum atomic E-state index is 13.7. The molecule has 1 rings (SSSR count). The van der Waals surface area contributed by atoms with Gasteiger partial charge in [0.1, 0.15) is 5.82 Å². The molecule has 0 aliphatic rings. The third-order valence-corrected chi connectivity index (χ3v) is 3.09. The number of halogens is 2. The molecule has 0 aliphatic carbocycles. The van der Waals surface area contributed by atoms with Gasteiger partial charge in [-0.1, -0.05) is 25.4 Å². The molecule has 1 atom stereocenters. The lowest BCUT2D eigenvalue weighted by molar-refractivity contribution is 0.0920. The summed E-state index contributed by atoms with van der Waals surface area (Å²) in [6, 6.07) is 4.07. The zero-order valence-electron chi connectivity index (χ0n) is 12.4. The molecule has 0 bridgehead atoms. The van der Waals surface area contributed by atoms with Crippen molar-refractivity contribution in [2.45, 2.75) is 26.3 Å². The van der Waals surface area contributed by atoms with Crippen LogP contribution in [0.3, 0.4) is 0 Å². The van der Waals surface area contributed by atoms with Gasteiger partial charge in [-0.05, 0) is 44.6 Å². The summed E-state index contributed by atoms with van der Waals surface area (Å²) in [5, 5.41) is 3.18. The van der Waals surface area contributed by atoms with Gasteiger partial charge in [-0.2, -0.15) is 0 Å². The van der Waals surface area contributed by atoms with Crippen molar-refractivity contribution in [2.24, 2.45) is 5.92 Å². The van der Waals surface area contributed by atoms with Crippen LogP contribution in [0, 0.1) is 11.7 Å². The Morgan fingerprint density at radius 1 is 1.40 bits per heavy atom. The summed E-state index contributed by atoms with van der Waals surface area (Å²) in [5.74, 6) is -0.537. The molecule has 3 nitrogen and oxygen atoms in total. The fraction of sp³-hybridized carbons (Fsp3) is 0.533. The second-order valence-corrected chi connectivity index (χ2v) is 6.12. The van der Waals surface area contributed by atoms with Crippen molar-refractivity contribution < 1.29 is 9.18 Å². The summed E-state index contributed by atoms with van der Waals surface area (Å²) in [5.41, 5.74) is 0.0295. The van der Waals surface area contributed by atoms with Crippen molar-refractivity contribution >= 4 is 17.5 Å². The third kappa shape index (κ3) is 5.47. The lowest BCUT2D eigenvalue weighted by atomic mass is 10.0. The highest BCUT2D eigenvalue weighted by Crippen LogP contribution is 2.15. The van der Waals surface area contributed by atoms with Gasteiger partial charge in [0.25, 0.3) is 5.91 Å². The fourth-order valence-corrected chi connectivity index (χ4v) is 2.28. The highest BCUT2D eigenvalue weighted by molar-refractivity contribution is 6.30. The number of carbonyl (C=O) groups excluding carboxylic acids is 1.